The van der Waals surface area contributed by atoms with Crippen LogP contribution in [0.15, 0.2) is 12.1 Å². The molecule has 3 atom stereocenters. The van der Waals surface area contributed by atoms with Crippen molar-refractivity contribution in [2.45, 2.75) is 50.8 Å². The maximum Gasteiger partial charge on any atom is 0.227 e. The van der Waals surface area contributed by atoms with Gasteiger partial charge in [-0.25, -0.2) is 0 Å². The first-order chi connectivity index (χ1) is 14.5. The van der Waals surface area contributed by atoms with Gasteiger partial charge in [-0.05, 0) is 65.6 Å². The summed E-state index contributed by atoms with van der Waals surface area (Å²) >= 11 is 11.0. The van der Waals surface area contributed by atoms with E-state index < -0.39 is 16.1 Å². The minimum Gasteiger partial charge on any atom is -0.598 e. The smallest absolute Gasteiger partial charge is 0.227 e. The largest absolute Gasteiger partial charge is 0.598 e. The van der Waals surface area contributed by atoms with Crippen molar-refractivity contribution in [3.05, 3.63) is 27.7 Å². The summed E-state index contributed by atoms with van der Waals surface area (Å²) in [6.07, 6.45) is 2.43. The Labute approximate surface area is 198 Å². The summed E-state index contributed by atoms with van der Waals surface area (Å²) in [5.74, 6) is 0.459. The molecular formula is C22H33Cl2N3O3S. The lowest BCUT2D eigenvalue weighted by Crippen LogP contribution is -2.47. The fraction of sp³-hybridized carbons (Fsp3) is 0.682. The number of carbonyl (C=O) groups is 1. The zero-order chi connectivity index (χ0) is 22.9. The molecule has 1 amide bonds. The van der Waals surface area contributed by atoms with E-state index >= 15 is 0 Å². The Balaban J connectivity index is 1.76. The van der Waals surface area contributed by atoms with Crippen molar-refractivity contribution in [2.24, 2.45) is 11.8 Å². The van der Waals surface area contributed by atoms with Crippen LogP contribution < -0.4 is 4.72 Å². The van der Waals surface area contributed by atoms with E-state index in [1.165, 1.54) is 6.07 Å². The summed E-state index contributed by atoms with van der Waals surface area (Å²) in [4.78, 5) is 17.1. The van der Waals surface area contributed by atoms with E-state index in [1.807, 2.05) is 25.7 Å². The maximum absolute atomic E-state index is 12.9. The monoisotopic (exact) mass is 489 g/mol. The Morgan fingerprint density at radius 1 is 1.19 bits per heavy atom. The number of phenols is 1. The highest BCUT2D eigenvalue weighted by atomic mass is 35.5. The second-order valence-corrected chi connectivity index (χ2v) is 12.5. The van der Waals surface area contributed by atoms with Gasteiger partial charge in [0.25, 0.3) is 0 Å². The normalized spacial score (nSPS) is 23.2. The number of halogens is 2. The molecule has 2 aliphatic rings. The van der Waals surface area contributed by atoms with Gasteiger partial charge in [-0.3, -0.25) is 4.79 Å². The number of carbonyl (C=O) groups excluding carboxylic acids is 1. The van der Waals surface area contributed by atoms with Crippen molar-refractivity contribution in [1.29, 1.82) is 0 Å². The molecule has 2 N–H and O–H groups in total. The third kappa shape index (κ3) is 6.01. The van der Waals surface area contributed by atoms with Gasteiger partial charge in [0.15, 0.2) is 0 Å². The number of hydrogen-bond acceptors (Lipinski definition) is 5. The van der Waals surface area contributed by atoms with E-state index in [1.54, 1.807) is 6.07 Å². The summed E-state index contributed by atoms with van der Waals surface area (Å²) in [6, 6.07) is 2.73. The van der Waals surface area contributed by atoms with Gasteiger partial charge in [-0.1, -0.05) is 23.2 Å². The minimum atomic E-state index is -1.34. The number of nitrogens with one attached hydrogen (secondary N) is 1. The number of rotatable bonds is 5. The van der Waals surface area contributed by atoms with E-state index in [2.05, 4.69) is 16.7 Å². The van der Waals surface area contributed by atoms with Gasteiger partial charge in [-0.2, -0.15) is 0 Å². The SMILES string of the molecule is CN1CC[C@H](C(=O)N2CCC(C(N[S@@+]([O-])C(C)(C)C)c3cc(Cl)c(Cl)cc3O)CC2)C1. The molecule has 31 heavy (non-hydrogen) atoms. The number of phenolic OH excluding ortho intramolecular Hbond substituents is 1. The fourth-order valence-electron chi connectivity index (χ4n) is 4.35. The third-order valence-electron chi connectivity index (χ3n) is 6.26. The molecule has 1 unspecified atom stereocenters. The van der Waals surface area contributed by atoms with Crippen LogP contribution in [0.25, 0.3) is 0 Å². The van der Waals surface area contributed by atoms with Crippen LogP contribution in [0.3, 0.4) is 0 Å². The van der Waals surface area contributed by atoms with Crippen molar-refractivity contribution in [2.75, 3.05) is 33.2 Å². The molecule has 6 nitrogen and oxygen atoms in total. The van der Waals surface area contributed by atoms with Crippen LogP contribution >= 0.6 is 23.2 Å². The number of likely N-dealkylation sites (tertiary alicyclic amines) is 2. The lowest BCUT2D eigenvalue weighted by molar-refractivity contribution is -0.136. The van der Waals surface area contributed by atoms with Crippen LogP contribution in [-0.2, 0) is 16.2 Å². The Hall–Kier alpha value is -0.700. The molecule has 0 bridgehead atoms. The summed E-state index contributed by atoms with van der Waals surface area (Å²) in [6.45, 7) is 8.82. The second-order valence-electron chi connectivity index (χ2n) is 9.71. The Bertz CT molecular complexity index is 797. The third-order valence-corrected chi connectivity index (χ3v) is 8.56. The van der Waals surface area contributed by atoms with Crippen molar-refractivity contribution in [1.82, 2.24) is 14.5 Å². The minimum absolute atomic E-state index is 0.0327. The topological polar surface area (TPSA) is 78.9 Å². The molecular weight excluding hydrogens is 457 g/mol. The molecule has 0 saturated carbocycles. The zero-order valence-electron chi connectivity index (χ0n) is 18.7. The highest BCUT2D eigenvalue weighted by molar-refractivity contribution is 7.90. The van der Waals surface area contributed by atoms with E-state index in [-0.39, 0.29) is 34.6 Å². The Kier molecular flexibility index (Phi) is 8.09. The molecule has 2 heterocycles. The van der Waals surface area contributed by atoms with Gasteiger partial charge in [0.05, 0.1) is 22.0 Å². The molecule has 2 fully saturated rings. The second kappa shape index (κ2) is 10.1. The molecule has 2 aliphatic heterocycles. The Morgan fingerprint density at radius 2 is 1.81 bits per heavy atom. The zero-order valence-corrected chi connectivity index (χ0v) is 21.0. The number of benzene rings is 1. The van der Waals surface area contributed by atoms with Gasteiger partial charge in [0.1, 0.15) is 10.5 Å². The fourth-order valence-corrected chi connectivity index (χ4v) is 5.59. The average molecular weight is 490 g/mol. The van der Waals surface area contributed by atoms with Crippen LogP contribution in [0, 0.1) is 11.8 Å². The summed E-state index contributed by atoms with van der Waals surface area (Å²) in [5, 5.41) is 11.2. The van der Waals surface area contributed by atoms with Crippen molar-refractivity contribution in [3.8, 4) is 5.75 Å². The number of nitrogens with zero attached hydrogens (tertiary/aromatic N) is 2. The molecule has 2 saturated heterocycles. The van der Waals surface area contributed by atoms with Gasteiger partial charge in [0.2, 0.25) is 5.91 Å². The van der Waals surface area contributed by atoms with E-state index in [0.29, 0.717) is 23.7 Å². The predicted molar refractivity (Wildman–Crippen MR) is 127 cm³/mol. The average Bonchev–Trinajstić information content (AvgIpc) is 3.14. The van der Waals surface area contributed by atoms with E-state index in [4.69, 9.17) is 23.2 Å². The van der Waals surface area contributed by atoms with Crippen molar-refractivity contribution < 1.29 is 14.5 Å². The Morgan fingerprint density at radius 3 is 2.35 bits per heavy atom. The van der Waals surface area contributed by atoms with Crippen LogP contribution in [0.5, 0.6) is 5.75 Å². The summed E-state index contributed by atoms with van der Waals surface area (Å²) in [7, 11) is 2.05. The van der Waals surface area contributed by atoms with Crippen LogP contribution in [0.2, 0.25) is 10.0 Å². The van der Waals surface area contributed by atoms with E-state index in [0.717, 1.165) is 32.4 Å². The summed E-state index contributed by atoms with van der Waals surface area (Å²) < 4.78 is 15.7. The number of hydrogen-bond donors (Lipinski definition) is 2. The quantitative estimate of drug-likeness (QED) is 0.611. The molecule has 3 rings (SSSR count). The number of amides is 1. The molecule has 1 aromatic carbocycles. The standard InChI is InChI=1S/C22H33Cl2N3O3S/c1-22(2,3)31(30)25-20(16-11-17(23)18(24)12-19(16)28)14-6-9-27(10-7-14)21(29)15-5-8-26(4)13-15/h11-12,14-15,20,25,28H,5-10,13H2,1-4H3/t15-,20?,31-/m0/s1. The van der Waals surface area contributed by atoms with E-state index in [9.17, 15) is 14.5 Å². The molecule has 1 aromatic rings. The maximum atomic E-state index is 12.9. The first-order valence-electron chi connectivity index (χ1n) is 10.8. The number of aromatic hydroxyl groups is 1. The van der Waals surface area contributed by atoms with Crippen molar-refractivity contribution in [3.63, 3.8) is 0 Å². The summed E-state index contributed by atoms with van der Waals surface area (Å²) in [5.41, 5.74) is 0.592. The lowest BCUT2D eigenvalue weighted by Gasteiger charge is -2.38. The lowest BCUT2D eigenvalue weighted by atomic mass is 9.85. The molecule has 174 valence electrons. The number of piperidine rings is 1. The van der Waals surface area contributed by atoms with Crippen molar-refractivity contribution >= 4 is 40.5 Å². The highest BCUT2D eigenvalue weighted by Crippen LogP contribution is 2.40. The highest BCUT2D eigenvalue weighted by Gasteiger charge is 2.38. The van der Waals surface area contributed by atoms with Gasteiger partial charge in [0, 0.05) is 42.6 Å². The van der Waals surface area contributed by atoms with Gasteiger partial charge < -0.3 is 19.5 Å². The molecule has 0 aliphatic carbocycles. The van der Waals surface area contributed by atoms with Crippen LogP contribution in [0.1, 0.15) is 51.6 Å². The first kappa shape index (κ1) is 24.9. The molecule has 0 aromatic heterocycles. The van der Waals surface area contributed by atoms with Gasteiger partial charge in [-0.15, -0.1) is 4.72 Å². The predicted octanol–water partition coefficient (Wildman–Crippen LogP) is 3.98. The molecule has 0 radical (unpaired) electrons. The van der Waals surface area contributed by atoms with Crippen LogP contribution in [0.4, 0.5) is 0 Å². The van der Waals surface area contributed by atoms with Gasteiger partial charge >= 0.3 is 0 Å². The first-order valence-corrected chi connectivity index (χ1v) is 12.7. The molecule has 0 spiro atoms. The van der Waals surface area contributed by atoms with Crippen LogP contribution in [-0.4, -0.2) is 63.3 Å². The molecule has 9 heteroatoms.